The molecule has 2 aromatic rings. The maximum atomic E-state index is 13.2. The fraction of sp³-hybridized carbons (Fsp3) is 0.333. The molecule has 0 fully saturated rings. The quantitative estimate of drug-likeness (QED) is 0.295. The lowest BCUT2D eigenvalue weighted by Gasteiger charge is -2.40. The summed E-state index contributed by atoms with van der Waals surface area (Å²) in [6.07, 6.45) is 0.0355. The minimum Gasteiger partial charge on any atom is -0.382 e. The zero-order chi connectivity index (χ0) is 20.1. The number of H-pyrrole nitrogens is 1. The lowest BCUT2D eigenvalue weighted by molar-refractivity contribution is -0.167. The first-order valence-corrected chi connectivity index (χ1v) is 8.00. The number of rotatable bonds is 6. The number of carbonyl (C=O) groups is 1. The van der Waals surface area contributed by atoms with Gasteiger partial charge in [-0.2, -0.15) is 5.10 Å². The van der Waals surface area contributed by atoms with Crippen molar-refractivity contribution in [3.8, 4) is 11.8 Å². The van der Waals surface area contributed by atoms with Gasteiger partial charge >= 0.3 is 0 Å². The fourth-order valence-corrected chi connectivity index (χ4v) is 2.27. The summed E-state index contributed by atoms with van der Waals surface area (Å²) in [5.41, 5.74) is -1.38. The second kappa shape index (κ2) is 8.26. The topological polar surface area (TPSA) is 110 Å². The van der Waals surface area contributed by atoms with Gasteiger partial charge in [0.25, 0.3) is 12.3 Å². The van der Waals surface area contributed by atoms with E-state index in [0.717, 1.165) is 25.0 Å². The highest BCUT2D eigenvalue weighted by Gasteiger charge is 2.54. The number of carbonyl (C=O) groups excluding carboxylic acids is 1. The number of nitrogens with zero attached hydrogens (tertiary/aromatic N) is 1. The molecule has 1 aromatic heterocycles. The molecule has 5 N–H and O–H groups in total. The van der Waals surface area contributed by atoms with Gasteiger partial charge < -0.3 is 5.11 Å². The predicted molar refractivity (Wildman–Crippen MR) is 92.8 cm³/mol. The van der Waals surface area contributed by atoms with Crippen LogP contribution in [0.2, 0.25) is 0 Å². The van der Waals surface area contributed by atoms with Crippen molar-refractivity contribution in [1.29, 1.82) is 0 Å². The molecule has 1 heterocycles. The summed E-state index contributed by atoms with van der Waals surface area (Å²) >= 11 is 0. The summed E-state index contributed by atoms with van der Waals surface area (Å²) < 4.78 is 26.4. The van der Waals surface area contributed by atoms with Crippen molar-refractivity contribution in [2.45, 2.75) is 38.0 Å². The Morgan fingerprint density at radius 3 is 2.41 bits per heavy atom. The molecule has 7 nitrogen and oxygen atoms in total. The van der Waals surface area contributed by atoms with Crippen LogP contribution in [0.15, 0.2) is 36.7 Å². The summed E-state index contributed by atoms with van der Waals surface area (Å²) in [6, 6.07) is 6.89. The third kappa shape index (κ3) is 4.49. The van der Waals surface area contributed by atoms with Gasteiger partial charge in [0.1, 0.15) is 11.1 Å². The molecule has 2 atom stereocenters. The third-order valence-corrected chi connectivity index (χ3v) is 4.44. The maximum absolute atomic E-state index is 13.2. The first-order valence-electron chi connectivity index (χ1n) is 8.00. The molecule has 144 valence electrons. The number of amides is 1. The van der Waals surface area contributed by atoms with Gasteiger partial charge in [0.05, 0.1) is 11.8 Å². The molecule has 1 amide bonds. The molecule has 9 heteroatoms. The van der Waals surface area contributed by atoms with E-state index >= 15 is 0 Å². The average Bonchev–Trinajstić information content (AvgIpc) is 3.17. The largest absolute Gasteiger partial charge is 0.382 e. The highest BCUT2D eigenvalue weighted by atomic mass is 19.3. The zero-order valence-corrected chi connectivity index (χ0v) is 14.8. The van der Waals surface area contributed by atoms with Gasteiger partial charge in [0.2, 0.25) is 0 Å². The fourth-order valence-electron chi connectivity index (χ4n) is 2.27. The molecule has 27 heavy (non-hydrogen) atoms. The van der Waals surface area contributed by atoms with Crippen LogP contribution in [0.25, 0.3) is 0 Å². The standard InChI is InChI=1S/C18H20F2N4O3/c1-17(16(25)24-27,18(2,26)15(19)20)21-9-13-6-3-12(4-7-13)5-8-14-10-22-23-11-14/h3-4,6-7,10-11,15,21,26-27H,9H2,1-2H3,(H,22,23)(H,24,25). The molecule has 0 aliphatic carbocycles. The molecule has 0 aliphatic heterocycles. The lowest BCUT2D eigenvalue weighted by Crippen LogP contribution is -2.69. The molecule has 2 unspecified atom stereocenters. The molecule has 0 spiro atoms. The Kier molecular flexibility index (Phi) is 6.28. The third-order valence-electron chi connectivity index (χ3n) is 4.44. The molecule has 0 aliphatic rings. The van der Waals surface area contributed by atoms with Gasteiger partial charge in [-0.15, -0.1) is 0 Å². The van der Waals surface area contributed by atoms with Crippen LogP contribution in [0.5, 0.6) is 0 Å². The van der Waals surface area contributed by atoms with E-state index in [0.29, 0.717) is 5.56 Å². The number of aromatic amines is 1. The van der Waals surface area contributed by atoms with Crippen molar-refractivity contribution in [2.75, 3.05) is 0 Å². The van der Waals surface area contributed by atoms with Crippen LogP contribution in [0.3, 0.4) is 0 Å². The number of hydrogen-bond acceptors (Lipinski definition) is 5. The summed E-state index contributed by atoms with van der Waals surface area (Å²) in [6.45, 7) is 1.92. The molecule has 0 radical (unpaired) electrons. The molecule has 0 saturated heterocycles. The number of aliphatic hydroxyl groups is 1. The summed E-state index contributed by atoms with van der Waals surface area (Å²) in [4.78, 5) is 11.9. The first-order chi connectivity index (χ1) is 12.7. The van der Waals surface area contributed by atoms with Crippen molar-refractivity contribution >= 4 is 5.91 Å². The van der Waals surface area contributed by atoms with Gasteiger partial charge in [-0.25, -0.2) is 14.3 Å². The number of hydrogen-bond donors (Lipinski definition) is 5. The van der Waals surface area contributed by atoms with E-state index in [-0.39, 0.29) is 6.54 Å². The summed E-state index contributed by atoms with van der Waals surface area (Å²) in [5, 5.41) is 28.0. The van der Waals surface area contributed by atoms with Crippen molar-refractivity contribution in [3.05, 3.63) is 53.3 Å². The Morgan fingerprint density at radius 2 is 1.89 bits per heavy atom. The van der Waals surface area contributed by atoms with Crippen molar-refractivity contribution < 1.29 is 23.9 Å². The van der Waals surface area contributed by atoms with E-state index in [1.807, 2.05) is 0 Å². The molecule has 0 bridgehead atoms. The van der Waals surface area contributed by atoms with E-state index in [2.05, 4.69) is 27.4 Å². The molecule has 0 saturated carbocycles. The molecule has 1 aromatic carbocycles. The normalized spacial score (nSPS) is 15.4. The number of aromatic nitrogens is 2. The van der Waals surface area contributed by atoms with Crippen molar-refractivity contribution in [2.24, 2.45) is 0 Å². The minimum atomic E-state index is -3.21. The zero-order valence-electron chi connectivity index (χ0n) is 14.8. The number of hydroxylamine groups is 1. The smallest absolute Gasteiger partial charge is 0.268 e. The van der Waals surface area contributed by atoms with Gasteiger partial charge in [-0.1, -0.05) is 24.0 Å². The van der Waals surface area contributed by atoms with E-state index in [4.69, 9.17) is 5.21 Å². The molecular formula is C18H20F2N4O3. The van der Waals surface area contributed by atoms with Crippen LogP contribution in [0.4, 0.5) is 8.78 Å². The van der Waals surface area contributed by atoms with E-state index < -0.39 is 23.5 Å². The van der Waals surface area contributed by atoms with Crippen LogP contribution in [0.1, 0.15) is 30.5 Å². The second-order valence-corrected chi connectivity index (χ2v) is 6.30. The van der Waals surface area contributed by atoms with Gasteiger partial charge in [-0.05, 0) is 31.5 Å². The van der Waals surface area contributed by atoms with Crippen LogP contribution >= 0.6 is 0 Å². The van der Waals surface area contributed by atoms with Crippen molar-refractivity contribution in [1.82, 2.24) is 21.0 Å². The van der Waals surface area contributed by atoms with Crippen LogP contribution in [-0.4, -0.2) is 44.0 Å². The van der Waals surface area contributed by atoms with Crippen LogP contribution < -0.4 is 10.8 Å². The number of alkyl halides is 2. The van der Waals surface area contributed by atoms with E-state index in [9.17, 15) is 18.7 Å². The minimum absolute atomic E-state index is 0.00221. The van der Waals surface area contributed by atoms with Gasteiger partial charge in [0, 0.05) is 18.3 Å². The van der Waals surface area contributed by atoms with Gasteiger partial charge in [0.15, 0.2) is 0 Å². The molecule has 2 rings (SSSR count). The van der Waals surface area contributed by atoms with E-state index in [1.54, 1.807) is 36.7 Å². The monoisotopic (exact) mass is 378 g/mol. The first kappa shape index (κ1) is 20.5. The summed E-state index contributed by atoms with van der Waals surface area (Å²) in [7, 11) is 0. The van der Waals surface area contributed by atoms with E-state index in [1.165, 1.54) is 5.48 Å². The van der Waals surface area contributed by atoms with Crippen molar-refractivity contribution in [3.63, 3.8) is 0 Å². The number of benzene rings is 1. The number of halogens is 2. The Balaban J connectivity index is 2.12. The summed E-state index contributed by atoms with van der Waals surface area (Å²) in [5.74, 6) is 4.69. The SMILES string of the molecule is CC(NCc1ccc(C#Cc2cn[nH]c2)cc1)(C(=O)NO)C(C)(O)C(F)F. The molecular weight excluding hydrogens is 358 g/mol. The van der Waals surface area contributed by atoms with Gasteiger partial charge in [-0.3, -0.25) is 20.4 Å². The highest BCUT2D eigenvalue weighted by molar-refractivity contribution is 5.86. The van der Waals surface area contributed by atoms with Crippen LogP contribution in [-0.2, 0) is 11.3 Å². The Labute approximate surface area is 154 Å². The Morgan fingerprint density at radius 1 is 1.26 bits per heavy atom. The van der Waals surface area contributed by atoms with Crippen LogP contribution in [0, 0.1) is 11.8 Å². The lowest BCUT2D eigenvalue weighted by atomic mass is 9.81. The Hall–Kier alpha value is -2.80. The number of nitrogens with one attached hydrogen (secondary N) is 3. The predicted octanol–water partition coefficient (Wildman–Crippen LogP) is 1.18. The maximum Gasteiger partial charge on any atom is 0.268 e. The second-order valence-electron chi connectivity index (χ2n) is 6.30. The highest BCUT2D eigenvalue weighted by Crippen LogP contribution is 2.29. The average molecular weight is 378 g/mol. The Bertz CT molecular complexity index is 827.